The normalized spacial score (nSPS) is 20.1. The zero-order chi connectivity index (χ0) is 11.9. The maximum Gasteiger partial charge on any atom is 0.316 e. The first kappa shape index (κ1) is 10.6. The minimum atomic E-state index is -0.384. The highest BCUT2D eigenvalue weighted by Gasteiger charge is 2.52. The standard InChI is InChI=1S/C14H16O3/c1-16-13(15)14(6-7-14)11-5-4-10-3-2-8-17-12(10)9-11/h4-5,9H,2-3,6-8H2,1H3. The predicted molar refractivity (Wildman–Crippen MR) is 63.2 cm³/mol. The Hall–Kier alpha value is -1.51. The first-order valence-corrected chi connectivity index (χ1v) is 6.11. The van der Waals surface area contributed by atoms with E-state index in [-0.39, 0.29) is 11.4 Å². The number of aryl methyl sites for hydroxylation is 1. The van der Waals surface area contributed by atoms with Crippen LogP contribution < -0.4 is 4.74 Å². The SMILES string of the molecule is COC(=O)C1(c2ccc3c(c2)OCCC3)CC1. The van der Waals surface area contributed by atoms with Crippen molar-refractivity contribution in [3.63, 3.8) is 0 Å². The third kappa shape index (κ3) is 1.61. The lowest BCUT2D eigenvalue weighted by atomic mass is 9.93. The van der Waals surface area contributed by atoms with Gasteiger partial charge < -0.3 is 9.47 Å². The summed E-state index contributed by atoms with van der Waals surface area (Å²) in [5, 5.41) is 0. The minimum absolute atomic E-state index is 0.117. The molecule has 1 aromatic rings. The molecular weight excluding hydrogens is 216 g/mol. The van der Waals surface area contributed by atoms with E-state index in [4.69, 9.17) is 9.47 Å². The highest BCUT2D eigenvalue weighted by Crippen LogP contribution is 2.50. The summed E-state index contributed by atoms with van der Waals surface area (Å²) in [6.07, 6.45) is 3.92. The zero-order valence-electron chi connectivity index (χ0n) is 9.99. The molecule has 0 atom stereocenters. The van der Waals surface area contributed by atoms with Crippen molar-refractivity contribution in [1.29, 1.82) is 0 Å². The van der Waals surface area contributed by atoms with Crippen LogP contribution in [0.2, 0.25) is 0 Å². The number of benzene rings is 1. The molecule has 17 heavy (non-hydrogen) atoms. The van der Waals surface area contributed by atoms with Crippen molar-refractivity contribution in [2.45, 2.75) is 31.1 Å². The van der Waals surface area contributed by atoms with Crippen LogP contribution in [0.1, 0.15) is 30.4 Å². The van der Waals surface area contributed by atoms with E-state index in [1.165, 1.54) is 12.7 Å². The van der Waals surface area contributed by atoms with Crippen molar-refractivity contribution >= 4 is 5.97 Å². The zero-order valence-corrected chi connectivity index (χ0v) is 9.99. The Balaban J connectivity index is 1.96. The fourth-order valence-corrected chi connectivity index (χ4v) is 2.57. The first-order chi connectivity index (χ1) is 8.26. The topological polar surface area (TPSA) is 35.5 Å². The van der Waals surface area contributed by atoms with Gasteiger partial charge in [0.25, 0.3) is 0 Å². The fraction of sp³-hybridized carbons (Fsp3) is 0.500. The number of hydrogen-bond donors (Lipinski definition) is 0. The van der Waals surface area contributed by atoms with E-state index >= 15 is 0 Å². The Kier molecular flexibility index (Phi) is 2.35. The van der Waals surface area contributed by atoms with Crippen molar-refractivity contribution in [3.05, 3.63) is 29.3 Å². The molecule has 1 aliphatic heterocycles. The van der Waals surface area contributed by atoms with Crippen LogP contribution in [-0.4, -0.2) is 19.7 Å². The molecule has 1 aromatic carbocycles. The molecule has 1 fully saturated rings. The molecule has 0 radical (unpaired) electrons. The predicted octanol–water partition coefficient (Wildman–Crippen LogP) is 2.22. The summed E-state index contributed by atoms with van der Waals surface area (Å²) >= 11 is 0. The number of esters is 1. The third-order valence-corrected chi connectivity index (χ3v) is 3.79. The Morgan fingerprint density at radius 3 is 2.94 bits per heavy atom. The molecule has 0 aromatic heterocycles. The van der Waals surface area contributed by atoms with Gasteiger partial charge in [-0.3, -0.25) is 4.79 Å². The Morgan fingerprint density at radius 2 is 2.24 bits per heavy atom. The average Bonchev–Trinajstić information content (AvgIpc) is 3.19. The van der Waals surface area contributed by atoms with Gasteiger partial charge in [-0.1, -0.05) is 12.1 Å². The Bertz CT molecular complexity index is 461. The second-order valence-corrected chi connectivity index (χ2v) is 4.85. The molecule has 1 aliphatic carbocycles. The quantitative estimate of drug-likeness (QED) is 0.733. The summed E-state index contributed by atoms with van der Waals surface area (Å²) in [5.74, 6) is 0.831. The Morgan fingerprint density at radius 1 is 1.41 bits per heavy atom. The molecule has 0 unspecified atom stereocenters. The van der Waals surface area contributed by atoms with E-state index in [0.29, 0.717) is 0 Å². The molecule has 0 bridgehead atoms. The molecule has 0 spiro atoms. The highest BCUT2D eigenvalue weighted by molar-refractivity contribution is 5.86. The van der Waals surface area contributed by atoms with Crippen LogP contribution in [0.5, 0.6) is 5.75 Å². The van der Waals surface area contributed by atoms with Crippen molar-refractivity contribution < 1.29 is 14.3 Å². The van der Waals surface area contributed by atoms with Crippen molar-refractivity contribution in [1.82, 2.24) is 0 Å². The van der Waals surface area contributed by atoms with Crippen LogP contribution in [0.15, 0.2) is 18.2 Å². The van der Waals surface area contributed by atoms with Gasteiger partial charge in [0.2, 0.25) is 0 Å². The number of carbonyl (C=O) groups excluding carboxylic acids is 1. The average molecular weight is 232 g/mol. The van der Waals surface area contributed by atoms with Crippen LogP contribution in [-0.2, 0) is 21.4 Å². The number of ether oxygens (including phenoxy) is 2. The summed E-state index contributed by atoms with van der Waals surface area (Å²) in [6.45, 7) is 0.779. The summed E-state index contributed by atoms with van der Waals surface area (Å²) in [4.78, 5) is 11.8. The van der Waals surface area contributed by atoms with Crippen molar-refractivity contribution in [3.8, 4) is 5.75 Å². The van der Waals surface area contributed by atoms with Crippen LogP contribution in [0.25, 0.3) is 0 Å². The summed E-state index contributed by atoms with van der Waals surface area (Å²) < 4.78 is 10.5. The lowest BCUT2D eigenvalue weighted by molar-refractivity contribution is -0.143. The van der Waals surface area contributed by atoms with Gasteiger partial charge in [0, 0.05) is 0 Å². The van der Waals surface area contributed by atoms with Crippen molar-refractivity contribution in [2.24, 2.45) is 0 Å². The monoisotopic (exact) mass is 232 g/mol. The van der Waals surface area contributed by atoms with Gasteiger partial charge in [0.15, 0.2) is 0 Å². The van der Waals surface area contributed by atoms with Crippen molar-refractivity contribution in [2.75, 3.05) is 13.7 Å². The van der Waals surface area contributed by atoms with Crippen LogP contribution in [0.3, 0.4) is 0 Å². The Labute approximate surface area is 101 Å². The number of rotatable bonds is 2. The molecule has 3 rings (SSSR count). The third-order valence-electron chi connectivity index (χ3n) is 3.79. The maximum absolute atomic E-state index is 11.8. The number of hydrogen-bond acceptors (Lipinski definition) is 3. The number of methoxy groups -OCH3 is 1. The number of fused-ring (bicyclic) bond motifs is 1. The smallest absolute Gasteiger partial charge is 0.316 e. The molecule has 3 heteroatoms. The van der Waals surface area contributed by atoms with Crippen LogP contribution in [0, 0.1) is 0 Å². The van der Waals surface area contributed by atoms with Gasteiger partial charge in [-0.05, 0) is 42.9 Å². The molecular formula is C14H16O3. The highest BCUT2D eigenvalue weighted by atomic mass is 16.5. The molecule has 90 valence electrons. The van der Waals surface area contributed by atoms with Gasteiger partial charge in [-0.15, -0.1) is 0 Å². The molecule has 0 saturated heterocycles. The summed E-state index contributed by atoms with van der Waals surface area (Å²) in [5.41, 5.74) is 1.91. The van der Waals surface area contributed by atoms with E-state index in [1.54, 1.807) is 0 Å². The van der Waals surface area contributed by atoms with E-state index in [2.05, 4.69) is 12.1 Å². The molecule has 3 nitrogen and oxygen atoms in total. The second kappa shape index (κ2) is 3.76. The molecule has 2 aliphatic rings. The number of carbonyl (C=O) groups is 1. The summed E-state index contributed by atoms with van der Waals surface area (Å²) in [6, 6.07) is 6.17. The summed E-state index contributed by atoms with van der Waals surface area (Å²) in [7, 11) is 1.46. The van der Waals surface area contributed by atoms with Crippen LogP contribution in [0.4, 0.5) is 0 Å². The van der Waals surface area contributed by atoms with E-state index in [1.807, 2.05) is 6.07 Å². The first-order valence-electron chi connectivity index (χ1n) is 6.11. The van der Waals surface area contributed by atoms with E-state index in [9.17, 15) is 4.79 Å². The van der Waals surface area contributed by atoms with Crippen LogP contribution >= 0.6 is 0 Å². The molecule has 1 heterocycles. The second-order valence-electron chi connectivity index (χ2n) is 4.85. The van der Waals surface area contributed by atoms with E-state index in [0.717, 1.165) is 43.6 Å². The molecule has 0 N–H and O–H groups in total. The molecule has 1 saturated carbocycles. The van der Waals surface area contributed by atoms with Gasteiger partial charge in [0.05, 0.1) is 19.1 Å². The van der Waals surface area contributed by atoms with Gasteiger partial charge >= 0.3 is 5.97 Å². The van der Waals surface area contributed by atoms with Gasteiger partial charge in [-0.2, -0.15) is 0 Å². The lowest BCUT2D eigenvalue weighted by Gasteiger charge is -2.20. The fourth-order valence-electron chi connectivity index (χ4n) is 2.57. The van der Waals surface area contributed by atoms with Gasteiger partial charge in [-0.25, -0.2) is 0 Å². The largest absolute Gasteiger partial charge is 0.493 e. The maximum atomic E-state index is 11.8. The van der Waals surface area contributed by atoms with E-state index < -0.39 is 0 Å². The van der Waals surface area contributed by atoms with Gasteiger partial charge in [0.1, 0.15) is 5.75 Å². The molecule has 0 amide bonds. The minimum Gasteiger partial charge on any atom is -0.493 e. The lowest BCUT2D eigenvalue weighted by Crippen LogP contribution is -2.22.